The van der Waals surface area contributed by atoms with Crippen LogP contribution in [0.3, 0.4) is 0 Å². The molecule has 0 fully saturated rings. The molecule has 0 bridgehead atoms. The van der Waals surface area contributed by atoms with Crippen molar-refractivity contribution in [3.63, 3.8) is 0 Å². The van der Waals surface area contributed by atoms with E-state index in [4.69, 9.17) is 16.0 Å². The van der Waals surface area contributed by atoms with Gasteiger partial charge in [0.2, 0.25) is 5.69 Å². The number of nitrogens with zero attached hydrogens (tertiary/aromatic N) is 1. The van der Waals surface area contributed by atoms with E-state index in [0.29, 0.717) is 16.5 Å². The highest BCUT2D eigenvalue weighted by atomic mass is 19.1. The number of hydrogen-bond donors (Lipinski definition) is 1. The lowest BCUT2D eigenvalue weighted by atomic mass is 10.1. The third kappa shape index (κ3) is 4.50. The summed E-state index contributed by atoms with van der Waals surface area (Å²) in [4.78, 5) is 18.2. The Hall–Kier alpha value is -4.44. The Balaban J connectivity index is 1.64. The van der Waals surface area contributed by atoms with Gasteiger partial charge in [-0.15, -0.1) is 0 Å². The number of nitrogens with one attached hydrogen (secondary N) is 1. The van der Waals surface area contributed by atoms with E-state index in [0.717, 1.165) is 11.6 Å². The topological polar surface area (TPSA) is 55.7 Å². The average Bonchev–Trinajstić information content (AvgIpc) is 3.27. The van der Waals surface area contributed by atoms with Crippen molar-refractivity contribution in [2.75, 3.05) is 0 Å². The van der Waals surface area contributed by atoms with E-state index in [9.17, 15) is 13.6 Å². The zero-order chi connectivity index (χ0) is 22.5. The molecule has 3 aromatic carbocycles. The van der Waals surface area contributed by atoms with Gasteiger partial charge in [0.15, 0.2) is 11.6 Å². The molecule has 1 N–H and O–H groups in total. The van der Waals surface area contributed by atoms with Gasteiger partial charge in [-0.2, -0.15) is 0 Å². The highest BCUT2D eigenvalue weighted by Gasteiger charge is 2.16. The van der Waals surface area contributed by atoms with Crippen molar-refractivity contribution in [1.82, 2.24) is 4.98 Å². The standard InChI is InChI=1S/C25H16F2N2O3/c1-28-23-13-17(7-9-20(23)26)32-25-19(18-11-12-29-22(18)14-21(25)27)8-10-24(30)31-15-16-5-3-2-4-6-16/h2-14,29H,15H2/b10-8+. The number of halogens is 2. The number of carbonyl (C=O) groups excluding carboxylic acids is 1. The molecule has 1 heterocycles. The van der Waals surface area contributed by atoms with Crippen LogP contribution in [-0.4, -0.2) is 11.0 Å². The van der Waals surface area contributed by atoms with Gasteiger partial charge in [0.05, 0.1) is 6.57 Å². The maximum Gasteiger partial charge on any atom is 0.331 e. The molecule has 0 saturated carbocycles. The summed E-state index contributed by atoms with van der Waals surface area (Å²) in [6.45, 7) is 7.14. The van der Waals surface area contributed by atoms with Gasteiger partial charge in [-0.25, -0.2) is 18.4 Å². The summed E-state index contributed by atoms with van der Waals surface area (Å²) >= 11 is 0. The number of ether oxygens (including phenoxy) is 2. The molecule has 0 aliphatic carbocycles. The summed E-state index contributed by atoms with van der Waals surface area (Å²) in [7, 11) is 0. The van der Waals surface area contributed by atoms with E-state index in [2.05, 4.69) is 9.83 Å². The summed E-state index contributed by atoms with van der Waals surface area (Å²) in [5.74, 6) is -2.06. The van der Waals surface area contributed by atoms with Gasteiger partial charge >= 0.3 is 5.97 Å². The fourth-order valence-corrected chi connectivity index (χ4v) is 3.14. The number of benzene rings is 3. The van der Waals surface area contributed by atoms with E-state index >= 15 is 0 Å². The van der Waals surface area contributed by atoms with E-state index in [-0.39, 0.29) is 23.8 Å². The fourth-order valence-electron chi connectivity index (χ4n) is 3.14. The normalized spacial score (nSPS) is 10.9. The second kappa shape index (κ2) is 9.14. The number of esters is 1. The van der Waals surface area contributed by atoms with Crippen molar-refractivity contribution in [2.45, 2.75) is 6.61 Å². The van der Waals surface area contributed by atoms with Crippen molar-refractivity contribution >= 4 is 28.6 Å². The number of aromatic nitrogens is 1. The number of H-pyrrole nitrogens is 1. The van der Waals surface area contributed by atoms with E-state index in [1.807, 2.05) is 30.3 Å². The van der Waals surface area contributed by atoms with Crippen LogP contribution in [-0.2, 0) is 16.1 Å². The van der Waals surface area contributed by atoms with Crippen LogP contribution in [0.5, 0.6) is 11.5 Å². The van der Waals surface area contributed by atoms with E-state index in [1.165, 1.54) is 30.4 Å². The Kier molecular flexibility index (Phi) is 5.95. The number of hydrogen-bond acceptors (Lipinski definition) is 3. The predicted molar refractivity (Wildman–Crippen MR) is 116 cm³/mol. The molecule has 0 aliphatic heterocycles. The second-order valence-corrected chi connectivity index (χ2v) is 6.79. The summed E-state index contributed by atoms with van der Waals surface area (Å²) in [5, 5.41) is 0.612. The molecule has 0 aliphatic rings. The molecule has 1 aromatic heterocycles. The van der Waals surface area contributed by atoms with E-state index < -0.39 is 17.6 Å². The molecule has 5 nitrogen and oxygen atoms in total. The molecule has 0 amide bonds. The first-order chi connectivity index (χ1) is 15.5. The summed E-state index contributed by atoms with van der Waals surface area (Å²) in [6, 6.07) is 15.7. The minimum Gasteiger partial charge on any atom is -0.458 e. The molecule has 0 spiro atoms. The maximum atomic E-state index is 14.9. The van der Waals surface area contributed by atoms with Crippen LogP contribution in [0, 0.1) is 18.2 Å². The van der Waals surface area contributed by atoms with Gasteiger partial charge in [-0.1, -0.05) is 30.3 Å². The van der Waals surface area contributed by atoms with Crippen LogP contribution in [0.4, 0.5) is 14.5 Å². The van der Waals surface area contributed by atoms with Gasteiger partial charge in [-0.05, 0) is 35.9 Å². The number of aromatic amines is 1. The Bertz CT molecular complexity index is 1360. The van der Waals surface area contributed by atoms with Crippen molar-refractivity contribution in [2.24, 2.45) is 0 Å². The second-order valence-electron chi connectivity index (χ2n) is 6.79. The lowest BCUT2D eigenvalue weighted by molar-refractivity contribution is -0.138. The van der Waals surface area contributed by atoms with Gasteiger partial charge in [0.1, 0.15) is 18.2 Å². The molecule has 7 heteroatoms. The van der Waals surface area contributed by atoms with Crippen molar-refractivity contribution < 1.29 is 23.0 Å². The van der Waals surface area contributed by atoms with Gasteiger partial charge < -0.3 is 14.5 Å². The van der Waals surface area contributed by atoms with Crippen molar-refractivity contribution in [1.29, 1.82) is 0 Å². The Morgan fingerprint density at radius 3 is 2.66 bits per heavy atom. The monoisotopic (exact) mass is 430 g/mol. The number of carbonyl (C=O) groups is 1. The molecule has 158 valence electrons. The van der Waals surface area contributed by atoms with E-state index in [1.54, 1.807) is 12.3 Å². The SMILES string of the molecule is [C-]#[N+]c1cc(Oc2c(F)cc3[nH]ccc3c2/C=C/C(=O)OCc2ccccc2)ccc1F. The highest BCUT2D eigenvalue weighted by Crippen LogP contribution is 2.36. The molecule has 0 atom stereocenters. The van der Waals surface area contributed by atoms with Crippen molar-refractivity contribution in [3.8, 4) is 11.5 Å². The Morgan fingerprint density at radius 1 is 1.06 bits per heavy atom. The smallest absolute Gasteiger partial charge is 0.331 e. The highest BCUT2D eigenvalue weighted by molar-refractivity contribution is 5.96. The molecule has 0 unspecified atom stereocenters. The third-order valence-electron chi connectivity index (χ3n) is 4.67. The summed E-state index contributed by atoms with van der Waals surface area (Å²) in [6.07, 6.45) is 4.22. The Labute approximate surface area is 182 Å². The molecule has 0 radical (unpaired) electrons. The van der Waals surface area contributed by atoms with Crippen LogP contribution >= 0.6 is 0 Å². The molecular formula is C25H16F2N2O3. The minimum atomic E-state index is -0.699. The minimum absolute atomic E-state index is 0.0903. The summed E-state index contributed by atoms with van der Waals surface area (Å²) in [5.41, 5.74) is 1.40. The van der Waals surface area contributed by atoms with Crippen LogP contribution in [0.15, 0.2) is 72.9 Å². The molecular weight excluding hydrogens is 414 g/mol. The van der Waals surface area contributed by atoms with Gasteiger partial charge in [0, 0.05) is 34.8 Å². The first-order valence-electron chi connectivity index (χ1n) is 9.58. The van der Waals surface area contributed by atoms with Gasteiger partial charge in [0.25, 0.3) is 0 Å². The molecule has 32 heavy (non-hydrogen) atoms. The summed E-state index contributed by atoms with van der Waals surface area (Å²) < 4.78 is 39.4. The largest absolute Gasteiger partial charge is 0.458 e. The van der Waals surface area contributed by atoms with Crippen LogP contribution in [0.25, 0.3) is 21.8 Å². The molecule has 0 saturated heterocycles. The fraction of sp³-hybridized carbons (Fsp3) is 0.0400. The zero-order valence-electron chi connectivity index (χ0n) is 16.6. The Morgan fingerprint density at radius 2 is 1.88 bits per heavy atom. The molecule has 4 aromatic rings. The number of rotatable bonds is 6. The first kappa shape index (κ1) is 20.8. The van der Waals surface area contributed by atoms with Crippen LogP contribution in [0.1, 0.15) is 11.1 Å². The van der Waals surface area contributed by atoms with Crippen molar-refractivity contribution in [3.05, 3.63) is 107 Å². The van der Waals surface area contributed by atoms with Gasteiger partial charge in [-0.3, -0.25) is 0 Å². The maximum absolute atomic E-state index is 14.9. The lowest BCUT2D eigenvalue weighted by Gasteiger charge is -2.12. The molecule has 4 rings (SSSR count). The lowest BCUT2D eigenvalue weighted by Crippen LogP contribution is -2.01. The first-order valence-corrected chi connectivity index (χ1v) is 9.58. The zero-order valence-corrected chi connectivity index (χ0v) is 16.6. The quantitative estimate of drug-likeness (QED) is 0.215. The average molecular weight is 430 g/mol. The van der Waals surface area contributed by atoms with Crippen LogP contribution in [0.2, 0.25) is 0 Å². The third-order valence-corrected chi connectivity index (χ3v) is 4.67. The predicted octanol–water partition coefficient (Wildman–Crippen LogP) is 6.55. The van der Waals surface area contributed by atoms with Crippen LogP contribution < -0.4 is 4.74 Å². The number of fused-ring (bicyclic) bond motifs is 1.